The molecular weight excluding hydrogens is 408 g/mol. The predicted molar refractivity (Wildman–Crippen MR) is 129 cm³/mol. The van der Waals surface area contributed by atoms with Gasteiger partial charge in [0.15, 0.2) is 0 Å². The van der Waals surface area contributed by atoms with Crippen LogP contribution in [-0.4, -0.2) is 49.7 Å². The van der Waals surface area contributed by atoms with E-state index >= 15 is 0 Å². The van der Waals surface area contributed by atoms with Crippen molar-refractivity contribution in [3.8, 4) is 0 Å². The number of hydrogen-bond donors (Lipinski definition) is 0. The van der Waals surface area contributed by atoms with Gasteiger partial charge in [-0.2, -0.15) is 0 Å². The Morgan fingerprint density at radius 3 is 2.26 bits per heavy atom. The number of nitrogens with zero attached hydrogens (tertiary/aromatic N) is 2. The molecule has 0 radical (unpaired) electrons. The molecule has 2 aromatic rings. The first kappa shape index (κ1) is 23.6. The Kier molecular flexibility index (Phi) is 8.39. The van der Waals surface area contributed by atoms with Gasteiger partial charge in [0.2, 0.25) is 0 Å². The molecule has 0 aliphatic carbocycles. The van der Waals surface area contributed by atoms with Gasteiger partial charge >= 0.3 is 5.97 Å². The Hall–Kier alpha value is -2.04. The lowest BCUT2D eigenvalue weighted by atomic mass is 9.74. The average Bonchev–Trinajstić information content (AvgIpc) is 2.78. The fourth-order valence-corrected chi connectivity index (χ4v) is 4.59. The van der Waals surface area contributed by atoms with Gasteiger partial charge in [-0.3, -0.25) is 9.69 Å². The Balaban J connectivity index is 1.58. The van der Waals surface area contributed by atoms with Crippen molar-refractivity contribution < 1.29 is 9.53 Å². The molecule has 1 unspecified atom stereocenters. The van der Waals surface area contributed by atoms with E-state index in [-0.39, 0.29) is 12.1 Å². The highest BCUT2D eigenvalue weighted by Gasteiger charge is 2.40. The number of piperazine rings is 1. The van der Waals surface area contributed by atoms with Crippen LogP contribution in [0.1, 0.15) is 45.6 Å². The zero-order valence-corrected chi connectivity index (χ0v) is 19.8. The molecule has 31 heavy (non-hydrogen) atoms. The van der Waals surface area contributed by atoms with E-state index in [9.17, 15) is 4.79 Å². The first-order chi connectivity index (χ1) is 14.9. The van der Waals surface area contributed by atoms with Crippen LogP contribution in [0.2, 0.25) is 5.02 Å². The summed E-state index contributed by atoms with van der Waals surface area (Å²) < 4.78 is 5.71. The number of esters is 1. The Morgan fingerprint density at radius 1 is 1.03 bits per heavy atom. The number of benzene rings is 2. The number of carbonyl (C=O) groups excluding carboxylic acids is 1. The Labute approximate surface area is 192 Å². The number of carbonyl (C=O) groups is 1. The summed E-state index contributed by atoms with van der Waals surface area (Å²) in [5, 5.41) is 0.774. The molecule has 1 aliphatic heterocycles. The molecule has 1 heterocycles. The van der Waals surface area contributed by atoms with Gasteiger partial charge in [0.1, 0.15) is 0 Å². The van der Waals surface area contributed by atoms with E-state index in [1.165, 1.54) is 5.69 Å². The summed E-state index contributed by atoms with van der Waals surface area (Å²) in [6.07, 6.45) is 2.41. The van der Waals surface area contributed by atoms with Crippen LogP contribution in [0.3, 0.4) is 0 Å². The molecule has 3 rings (SSSR count). The third-order valence-corrected chi connectivity index (χ3v) is 6.56. The second-order valence-corrected chi connectivity index (χ2v) is 9.10. The van der Waals surface area contributed by atoms with Crippen LogP contribution in [0.15, 0.2) is 54.6 Å². The zero-order valence-electron chi connectivity index (χ0n) is 19.0. The number of anilines is 1. The van der Waals surface area contributed by atoms with E-state index in [1.807, 2.05) is 44.2 Å². The maximum absolute atomic E-state index is 13.2. The van der Waals surface area contributed by atoms with Crippen LogP contribution in [0.25, 0.3) is 0 Å². The van der Waals surface area contributed by atoms with Gasteiger partial charge in [-0.1, -0.05) is 48.9 Å². The van der Waals surface area contributed by atoms with Gasteiger partial charge in [-0.25, -0.2) is 0 Å². The molecular formula is C26H35ClN2O2. The molecule has 5 heteroatoms. The highest BCUT2D eigenvalue weighted by Crippen LogP contribution is 2.35. The third kappa shape index (κ3) is 6.02. The highest BCUT2D eigenvalue weighted by molar-refractivity contribution is 6.30. The number of rotatable bonds is 9. The number of halogens is 1. The van der Waals surface area contributed by atoms with E-state index in [1.54, 1.807) is 0 Å². The fourth-order valence-electron chi connectivity index (χ4n) is 4.46. The van der Waals surface area contributed by atoms with Crippen LogP contribution < -0.4 is 4.90 Å². The van der Waals surface area contributed by atoms with Crippen molar-refractivity contribution in [2.24, 2.45) is 0 Å². The van der Waals surface area contributed by atoms with Crippen molar-refractivity contribution in [3.63, 3.8) is 0 Å². The van der Waals surface area contributed by atoms with Crippen LogP contribution >= 0.6 is 11.6 Å². The van der Waals surface area contributed by atoms with E-state index in [2.05, 4.69) is 41.0 Å². The van der Waals surface area contributed by atoms with Gasteiger partial charge in [-0.05, 0) is 69.5 Å². The lowest BCUT2D eigenvalue weighted by Crippen LogP contribution is -2.47. The maximum atomic E-state index is 13.2. The van der Waals surface area contributed by atoms with Gasteiger partial charge in [0.05, 0.1) is 11.5 Å². The molecule has 2 aromatic carbocycles. The predicted octanol–water partition coefficient (Wildman–Crippen LogP) is 5.54. The summed E-state index contributed by atoms with van der Waals surface area (Å²) in [7, 11) is 0. The quantitative estimate of drug-likeness (QED) is 0.477. The van der Waals surface area contributed by atoms with E-state index in [0.717, 1.165) is 62.6 Å². The van der Waals surface area contributed by atoms with Crippen LogP contribution in [0.5, 0.6) is 0 Å². The van der Waals surface area contributed by atoms with Gasteiger partial charge in [0.25, 0.3) is 0 Å². The van der Waals surface area contributed by atoms with Gasteiger partial charge in [0, 0.05) is 36.9 Å². The first-order valence-electron chi connectivity index (χ1n) is 11.4. The highest BCUT2D eigenvalue weighted by atomic mass is 35.5. The third-order valence-electron chi connectivity index (χ3n) is 6.31. The summed E-state index contributed by atoms with van der Waals surface area (Å²) in [4.78, 5) is 18.1. The smallest absolute Gasteiger partial charge is 0.316 e. The second-order valence-electron chi connectivity index (χ2n) is 8.66. The standard InChI is InChI=1S/C26H35ClN2O2/c1-4-26(25(30)31-21(2)3,22-9-6-5-7-10-22)15-8-16-28-17-19-29(20-18-28)24-13-11-23(27)12-14-24/h5-7,9-14,21H,4,8,15-20H2,1-3H3. The molecule has 1 atom stereocenters. The summed E-state index contributed by atoms with van der Waals surface area (Å²) in [6, 6.07) is 18.2. The fraction of sp³-hybridized carbons (Fsp3) is 0.500. The topological polar surface area (TPSA) is 32.8 Å². The van der Waals surface area contributed by atoms with Gasteiger partial charge in [-0.15, -0.1) is 0 Å². The summed E-state index contributed by atoms with van der Waals surface area (Å²) in [6.45, 7) is 11.0. The minimum Gasteiger partial charge on any atom is -0.462 e. The molecule has 0 amide bonds. The van der Waals surface area contributed by atoms with E-state index < -0.39 is 5.41 Å². The normalized spacial score (nSPS) is 16.9. The minimum absolute atomic E-state index is 0.0937. The number of hydrogen-bond acceptors (Lipinski definition) is 4. The lowest BCUT2D eigenvalue weighted by Gasteiger charge is -2.37. The molecule has 1 saturated heterocycles. The van der Waals surface area contributed by atoms with E-state index in [4.69, 9.17) is 16.3 Å². The monoisotopic (exact) mass is 442 g/mol. The molecule has 0 bridgehead atoms. The van der Waals surface area contributed by atoms with Crippen LogP contribution in [0, 0.1) is 0 Å². The summed E-state index contributed by atoms with van der Waals surface area (Å²) in [5.74, 6) is -0.0937. The van der Waals surface area contributed by atoms with Gasteiger partial charge < -0.3 is 9.64 Å². The first-order valence-corrected chi connectivity index (χ1v) is 11.8. The van der Waals surface area contributed by atoms with Crippen molar-refractivity contribution in [1.29, 1.82) is 0 Å². The van der Waals surface area contributed by atoms with Crippen molar-refractivity contribution in [1.82, 2.24) is 4.90 Å². The zero-order chi connectivity index (χ0) is 22.3. The van der Waals surface area contributed by atoms with Crippen molar-refractivity contribution in [3.05, 3.63) is 65.2 Å². The van der Waals surface area contributed by atoms with Crippen LogP contribution in [0.4, 0.5) is 5.69 Å². The average molecular weight is 443 g/mol. The number of ether oxygens (including phenoxy) is 1. The molecule has 1 fully saturated rings. The Morgan fingerprint density at radius 2 is 1.68 bits per heavy atom. The Bertz CT molecular complexity index is 817. The molecule has 4 nitrogen and oxygen atoms in total. The minimum atomic E-state index is -0.573. The van der Waals surface area contributed by atoms with Crippen molar-refractivity contribution in [2.45, 2.75) is 51.6 Å². The second kappa shape index (κ2) is 11.0. The molecule has 168 valence electrons. The van der Waals surface area contributed by atoms with Crippen molar-refractivity contribution in [2.75, 3.05) is 37.6 Å². The SMILES string of the molecule is CCC(CCCN1CCN(c2ccc(Cl)cc2)CC1)(C(=O)OC(C)C)c1ccccc1. The maximum Gasteiger partial charge on any atom is 0.316 e. The summed E-state index contributed by atoms with van der Waals surface area (Å²) in [5.41, 5.74) is 1.72. The molecule has 0 N–H and O–H groups in total. The molecule has 0 spiro atoms. The van der Waals surface area contributed by atoms with Crippen molar-refractivity contribution >= 4 is 23.3 Å². The summed E-state index contributed by atoms with van der Waals surface area (Å²) >= 11 is 6.01. The molecule has 1 aliphatic rings. The lowest BCUT2D eigenvalue weighted by molar-refractivity contribution is -0.155. The van der Waals surface area contributed by atoms with E-state index in [0.29, 0.717) is 0 Å². The van der Waals surface area contributed by atoms with Crippen LogP contribution in [-0.2, 0) is 14.9 Å². The largest absolute Gasteiger partial charge is 0.462 e. The molecule has 0 saturated carbocycles. The molecule has 0 aromatic heterocycles.